The van der Waals surface area contributed by atoms with Crippen LogP contribution >= 0.6 is 0 Å². The number of Topliss-reactive ketones (excluding diaryl/α,β-unsaturated/α-hetero) is 1. The van der Waals surface area contributed by atoms with Gasteiger partial charge in [-0.05, 0) is 48.7 Å². The van der Waals surface area contributed by atoms with Crippen LogP contribution in [0, 0.1) is 12.7 Å². The molecule has 1 amide bonds. The van der Waals surface area contributed by atoms with Crippen molar-refractivity contribution in [2.75, 3.05) is 6.54 Å². The molecule has 0 aliphatic carbocycles. The van der Waals surface area contributed by atoms with Crippen molar-refractivity contribution in [2.45, 2.75) is 32.3 Å². The van der Waals surface area contributed by atoms with Gasteiger partial charge in [0.25, 0.3) is 0 Å². The molecular weight excluding hydrogens is 321 g/mol. The van der Waals surface area contributed by atoms with Crippen LogP contribution in [0.15, 0.2) is 48.5 Å². The minimum Gasteiger partial charge on any atom is -0.387 e. The molecule has 2 aromatic rings. The van der Waals surface area contributed by atoms with Crippen molar-refractivity contribution >= 4 is 11.7 Å². The maximum Gasteiger partial charge on any atom is 0.220 e. The van der Waals surface area contributed by atoms with Crippen molar-refractivity contribution < 1.29 is 19.1 Å². The number of ketones is 1. The Kier molecular flexibility index (Phi) is 6.83. The molecule has 0 fully saturated rings. The van der Waals surface area contributed by atoms with Crippen LogP contribution in [-0.2, 0) is 4.79 Å². The molecule has 2 aromatic carbocycles. The van der Waals surface area contributed by atoms with E-state index in [1.54, 1.807) is 0 Å². The van der Waals surface area contributed by atoms with Gasteiger partial charge in [0.15, 0.2) is 5.78 Å². The molecule has 132 valence electrons. The Hall–Kier alpha value is -2.53. The number of nitrogens with one attached hydrogen (secondary N) is 1. The van der Waals surface area contributed by atoms with E-state index in [-0.39, 0.29) is 36.9 Å². The highest BCUT2D eigenvalue weighted by Crippen LogP contribution is 2.16. The number of carbonyl (C=O) groups is 2. The lowest BCUT2D eigenvalue weighted by Gasteiger charge is -2.14. The van der Waals surface area contributed by atoms with Crippen LogP contribution in [-0.4, -0.2) is 23.3 Å². The zero-order valence-corrected chi connectivity index (χ0v) is 14.2. The average Bonchev–Trinajstić information content (AvgIpc) is 2.60. The van der Waals surface area contributed by atoms with Gasteiger partial charge in [0.05, 0.1) is 6.10 Å². The zero-order valence-electron chi connectivity index (χ0n) is 14.2. The summed E-state index contributed by atoms with van der Waals surface area (Å²) in [4.78, 5) is 23.8. The molecule has 1 unspecified atom stereocenters. The fourth-order valence-electron chi connectivity index (χ4n) is 2.56. The molecule has 0 aliphatic rings. The summed E-state index contributed by atoms with van der Waals surface area (Å²) < 4.78 is 12.8. The Morgan fingerprint density at radius 1 is 1.08 bits per heavy atom. The summed E-state index contributed by atoms with van der Waals surface area (Å²) in [5.74, 6) is -0.713. The second-order valence-electron chi connectivity index (χ2n) is 5.96. The standard InChI is InChI=1S/C20H22FNO3/c1-14-5-2-3-6-17(14)19(24)13-22-20(25)8-4-7-18(23)15-9-11-16(21)12-10-15/h2-3,5-6,9-12,19,24H,4,7-8,13H2,1H3,(H,22,25). The molecule has 5 heteroatoms. The first-order valence-electron chi connectivity index (χ1n) is 8.26. The van der Waals surface area contributed by atoms with Crippen LogP contribution in [0.4, 0.5) is 4.39 Å². The molecule has 0 radical (unpaired) electrons. The molecule has 0 spiro atoms. The Bertz CT molecular complexity index is 728. The summed E-state index contributed by atoms with van der Waals surface area (Å²) in [7, 11) is 0. The Morgan fingerprint density at radius 3 is 2.44 bits per heavy atom. The maximum absolute atomic E-state index is 12.8. The topological polar surface area (TPSA) is 66.4 Å². The normalized spacial score (nSPS) is 11.8. The molecule has 0 saturated heterocycles. The van der Waals surface area contributed by atoms with Crippen molar-refractivity contribution in [3.05, 3.63) is 71.0 Å². The van der Waals surface area contributed by atoms with Crippen LogP contribution in [0.5, 0.6) is 0 Å². The van der Waals surface area contributed by atoms with Gasteiger partial charge in [-0.25, -0.2) is 4.39 Å². The van der Waals surface area contributed by atoms with Crippen molar-refractivity contribution in [1.29, 1.82) is 0 Å². The monoisotopic (exact) mass is 343 g/mol. The smallest absolute Gasteiger partial charge is 0.220 e. The van der Waals surface area contributed by atoms with Gasteiger partial charge in [-0.2, -0.15) is 0 Å². The summed E-state index contributed by atoms with van der Waals surface area (Å²) in [6, 6.07) is 12.8. The lowest BCUT2D eigenvalue weighted by molar-refractivity contribution is -0.121. The number of hydrogen-bond donors (Lipinski definition) is 2. The minimum atomic E-state index is -0.758. The van der Waals surface area contributed by atoms with E-state index in [0.29, 0.717) is 12.0 Å². The van der Waals surface area contributed by atoms with Gasteiger partial charge in [-0.3, -0.25) is 9.59 Å². The molecular formula is C20H22FNO3. The first-order valence-corrected chi connectivity index (χ1v) is 8.26. The Morgan fingerprint density at radius 2 is 1.76 bits per heavy atom. The number of aliphatic hydroxyl groups is 1. The van der Waals surface area contributed by atoms with E-state index in [0.717, 1.165) is 11.1 Å². The largest absolute Gasteiger partial charge is 0.387 e. The van der Waals surface area contributed by atoms with Gasteiger partial charge in [-0.1, -0.05) is 24.3 Å². The molecule has 4 nitrogen and oxygen atoms in total. The summed E-state index contributed by atoms with van der Waals surface area (Å²) in [5.41, 5.74) is 2.19. The predicted molar refractivity (Wildman–Crippen MR) is 93.7 cm³/mol. The number of carbonyl (C=O) groups excluding carboxylic acids is 2. The Balaban J connectivity index is 1.71. The number of benzene rings is 2. The summed E-state index contributed by atoms with van der Waals surface area (Å²) in [6.45, 7) is 2.04. The van der Waals surface area contributed by atoms with Crippen LogP contribution < -0.4 is 5.32 Å². The van der Waals surface area contributed by atoms with Gasteiger partial charge in [-0.15, -0.1) is 0 Å². The molecule has 0 aromatic heterocycles. The predicted octanol–water partition coefficient (Wildman–Crippen LogP) is 3.34. The van der Waals surface area contributed by atoms with Crippen LogP contribution in [0.25, 0.3) is 0 Å². The lowest BCUT2D eigenvalue weighted by Crippen LogP contribution is -2.28. The van der Waals surface area contributed by atoms with Gasteiger partial charge in [0.2, 0.25) is 5.91 Å². The van der Waals surface area contributed by atoms with E-state index in [9.17, 15) is 19.1 Å². The highest BCUT2D eigenvalue weighted by molar-refractivity contribution is 5.96. The number of rotatable bonds is 8. The zero-order chi connectivity index (χ0) is 18.2. The quantitative estimate of drug-likeness (QED) is 0.723. The van der Waals surface area contributed by atoms with Crippen molar-refractivity contribution in [3.63, 3.8) is 0 Å². The molecule has 0 aliphatic heterocycles. The fourth-order valence-corrected chi connectivity index (χ4v) is 2.56. The van der Waals surface area contributed by atoms with Gasteiger partial charge in [0.1, 0.15) is 5.82 Å². The molecule has 0 saturated carbocycles. The van der Waals surface area contributed by atoms with Crippen molar-refractivity contribution in [1.82, 2.24) is 5.32 Å². The molecule has 0 bridgehead atoms. The van der Waals surface area contributed by atoms with Crippen LogP contribution in [0.1, 0.15) is 46.9 Å². The van der Waals surface area contributed by atoms with E-state index in [1.807, 2.05) is 31.2 Å². The summed E-state index contributed by atoms with van der Waals surface area (Å²) in [6.07, 6.45) is 0.0704. The number of aryl methyl sites for hydroxylation is 1. The summed E-state index contributed by atoms with van der Waals surface area (Å²) in [5, 5.41) is 12.8. The minimum absolute atomic E-state index is 0.118. The van der Waals surface area contributed by atoms with Gasteiger partial charge >= 0.3 is 0 Å². The maximum atomic E-state index is 12.8. The van der Waals surface area contributed by atoms with Crippen LogP contribution in [0.3, 0.4) is 0 Å². The van der Waals surface area contributed by atoms with E-state index in [4.69, 9.17) is 0 Å². The molecule has 0 heterocycles. The number of aliphatic hydroxyl groups excluding tert-OH is 1. The van der Waals surface area contributed by atoms with Gasteiger partial charge in [0, 0.05) is 24.9 Å². The lowest BCUT2D eigenvalue weighted by atomic mass is 10.0. The number of hydrogen-bond acceptors (Lipinski definition) is 3. The first-order chi connectivity index (χ1) is 12.0. The Labute approximate surface area is 146 Å². The van der Waals surface area contributed by atoms with Crippen molar-refractivity contribution in [3.8, 4) is 0 Å². The van der Waals surface area contributed by atoms with E-state index in [2.05, 4.69) is 5.32 Å². The van der Waals surface area contributed by atoms with Crippen LogP contribution in [0.2, 0.25) is 0 Å². The van der Waals surface area contributed by atoms with E-state index < -0.39 is 6.10 Å². The third-order valence-corrected chi connectivity index (χ3v) is 4.01. The SMILES string of the molecule is Cc1ccccc1C(O)CNC(=O)CCCC(=O)c1ccc(F)cc1. The molecule has 2 rings (SSSR count). The third-order valence-electron chi connectivity index (χ3n) is 4.01. The highest BCUT2D eigenvalue weighted by Gasteiger charge is 2.12. The first kappa shape index (κ1) is 18.8. The molecule has 1 atom stereocenters. The van der Waals surface area contributed by atoms with Crippen molar-refractivity contribution in [2.24, 2.45) is 0 Å². The van der Waals surface area contributed by atoms with E-state index in [1.165, 1.54) is 24.3 Å². The fraction of sp³-hybridized carbons (Fsp3) is 0.300. The number of halogens is 1. The summed E-state index contributed by atoms with van der Waals surface area (Å²) >= 11 is 0. The van der Waals surface area contributed by atoms with E-state index >= 15 is 0 Å². The molecule has 2 N–H and O–H groups in total. The number of amides is 1. The second-order valence-corrected chi connectivity index (χ2v) is 5.96. The third kappa shape index (κ3) is 5.80. The second kappa shape index (κ2) is 9.08. The van der Waals surface area contributed by atoms with Gasteiger partial charge < -0.3 is 10.4 Å². The average molecular weight is 343 g/mol. The molecule has 25 heavy (non-hydrogen) atoms. The highest BCUT2D eigenvalue weighted by atomic mass is 19.1.